The minimum Gasteiger partial charge on any atom is -0.389 e. The Bertz CT molecular complexity index is 387. The van der Waals surface area contributed by atoms with Crippen LogP contribution >= 0.6 is 0 Å². The lowest BCUT2D eigenvalue weighted by molar-refractivity contribution is -0.0418. The molecule has 3 saturated heterocycles. The third-order valence-corrected chi connectivity index (χ3v) is 7.30. The van der Waals surface area contributed by atoms with Crippen LogP contribution in [-0.4, -0.2) is 83.3 Å². The van der Waals surface area contributed by atoms with Gasteiger partial charge in [-0.3, -0.25) is 9.80 Å². The van der Waals surface area contributed by atoms with Crippen molar-refractivity contribution in [2.45, 2.75) is 81.5 Å². The quantitative estimate of drug-likeness (QED) is 0.860. The molecular weight excluding hydrogens is 286 g/mol. The third kappa shape index (κ3) is 3.46. The molecule has 0 amide bonds. The number of rotatable bonds is 3. The third-order valence-electron chi connectivity index (χ3n) is 7.30. The number of hydrogen-bond donors (Lipinski definition) is 1. The molecule has 0 spiro atoms. The summed E-state index contributed by atoms with van der Waals surface area (Å²) < 4.78 is 0. The highest BCUT2D eigenvalue weighted by Gasteiger charge is 2.41. The standard InChI is InChI=1S/C19H35N3O/c1-20-16-5-6-17(20)14-18(13-16)22-11-9-21(10-12-22)15-19(23)7-3-2-4-8-19/h16-18,23H,2-15H2,1H3. The lowest BCUT2D eigenvalue weighted by Crippen LogP contribution is -2.57. The average Bonchev–Trinajstić information content (AvgIpc) is 2.76. The lowest BCUT2D eigenvalue weighted by atomic mass is 9.84. The molecule has 23 heavy (non-hydrogen) atoms. The van der Waals surface area contributed by atoms with Crippen molar-refractivity contribution < 1.29 is 5.11 Å². The summed E-state index contributed by atoms with van der Waals surface area (Å²) in [6, 6.07) is 2.52. The highest BCUT2D eigenvalue weighted by Crippen LogP contribution is 2.36. The van der Waals surface area contributed by atoms with E-state index in [2.05, 4.69) is 21.7 Å². The minimum atomic E-state index is -0.382. The summed E-state index contributed by atoms with van der Waals surface area (Å²) in [5.41, 5.74) is -0.382. The van der Waals surface area contributed by atoms with Crippen LogP contribution in [0, 0.1) is 0 Å². The maximum Gasteiger partial charge on any atom is 0.0774 e. The molecule has 0 aromatic rings. The molecule has 1 aliphatic carbocycles. The lowest BCUT2D eigenvalue weighted by Gasteiger charge is -2.46. The van der Waals surface area contributed by atoms with E-state index < -0.39 is 0 Å². The summed E-state index contributed by atoms with van der Waals surface area (Å²) in [6.07, 6.45) is 11.4. The van der Waals surface area contributed by atoms with E-state index in [1.807, 2.05) is 0 Å². The van der Waals surface area contributed by atoms with Gasteiger partial charge >= 0.3 is 0 Å². The summed E-state index contributed by atoms with van der Waals surface area (Å²) >= 11 is 0. The van der Waals surface area contributed by atoms with Gasteiger partial charge < -0.3 is 10.0 Å². The zero-order chi connectivity index (χ0) is 15.9. The SMILES string of the molecule is CN1C2CCC1CC(N1CCN(CC3(O)CCCCC3)CC1)C2. The van der Waals surface area contributed by atoms with Crippen molar-refractivity contribution in [3.8, 4) is 0 Å². The van der Waals surface area contributed by atoms with E-state index >= 15 is 0 Å². The molecule has 1 N–H and O–H groups in total. The van der Waals surface area contributed by atoms with Crippen molar-refractivity contribution in [1.82, 2.24) is 14.7 Å². The Kier molecular flexibility index (Phi) is 4.70. The van der Waals surface area contributed by atoms with E-state index in [9.17, 15) is 5.11 Å². The number of fused-ring (bicyclic) bond motifs is 2. The molecule has 0 aromatic carbocycles. The Morgan fingerprint density at radius 2 is 1.48 bits per heavy atom. The monoisotopic (exact) mass is 321 g/mol. The molecule has 4 aliphatic rings. The summed E-state index contributed by atoms with van der Waals surface area (Å²) in [4.78, 5) is 7.94. The van der Waals surface area contributed by atoms with E-state index in [0.29, 0.717) is 0 Å². The fourth-order valence-corrected chi connectivity index (χ4v) is 5.75. The highest BCUT2D eigenvalue weighted by atomic mass is 16.3. The van der Waals surface area contributed by atoms with Crippen molar-refractivity contribution >= 4 is 0 Å². The number of nitrogens with zero attached hydrogens (tertiary/aromatic N) is 3. The van der Waals surface area contributed by atoms with Gasteiger partial charge in [0.15, 0.2) is 0 Å². The highest BCUT2D eigenvalue weighted by molar-refractivity contribution is 4.98. The molecule has 4 nitrogen and oxygen atoms in total. The number of piperidine rings is 1. The van der Waals surface area contributed by atoms with Crippen molar-refractivity contribution in [3.05, 3.63) is 0 Å². The van der Waals surface area contributed by atoms with Gasteiger partial charge in [0.25, 0.3) is 0 Å². The molecule has 4 fully saturated rings. The molecule has 4 heteroatoms. The Morgan fingerprint density at radius 1 is 0.870 bits per heavy atom. The van der Waals surface area contributed by atoms with E-state index in [-0.39, 0.29) is 5.60 Å². The van der Waals surface area contributed by atoms with Crippen molar-refractivity contribution in [3.63, 3.8) is 0 Å². The van der Waals surface area contributed by atoms with Gasteiger partial charge in [0.1, 0.15) is 0 Å². The van der Waals surface area contributed by atoms with Gasteiger partial charge in [-0.2, -0.15) is 0 Å². The molecule has 2 unspecified atom stereocenters. The van der Waals surface area contributed by atoms with Crippen molar-refractivity contribution in [1.29, 1.82) is 0 Å². The van der Waals surface area contributed by atoms with Crippen LogP contribution in [-0.2, 0) is 0 Å². The average molecular weight is 322 g/mol. The van der Waals surface area contributed by atoms with Crippen LogP contribution in [0.4, 0.5) is 0 Å². The van der Waals surface area contributed by atoms with Gasteiger partial charge in [0.2, 0.25) is 0 Å². The van der Waals surface area contributed by atoms with E-state index in [4.69, 9.17) is 0 Å². The first-order chi connectivity index (χ1) is 11.1. The number of β-amino-alcohol motifs (C(OH)–C–C–N with tert-alkyl or cyclic N) is 1. The van der Waals surface area contributed by atoms with Gasteiger partial charge in [0, 0.05) is 50.8 Å². The molecule has 0 radical (unpaired) electrons. The van der Waals surface area contributed by atoms with E-state index in [1.54, 1.807) is 0 Å². The Morgan fingerprint density at radius 3 is 2.09 bits per heavy atom. The number of hydrogen-bond acceptors (Lipinski definition) is 4. The summed E-state index contributed by atoms with van der Waals surface area (Å²) in [5, 5.41) is 10.8. The molecular formula is C19H35N3O. The van der Waals surface area contributed by atoms with Crippen LogP contribution in [0.2, 0.25) is 0 Å². The molecule has 3 heterocycles. The molecule has 1 saturated carbocycles. The topological polar surface area (TPSA) is 30.0 Å². The van der Waals surface area contributed by atoms with E-state index in [0.717, 1.165) is 50.6 Å². The van der Waals surface area contributed by atoms with Crippen molar-refractivity contribution in [2.75, 3.05) is 39.8 Å². The fourth-order valence-electron chi connectivity index (χ4n) is 5.75. The van der Waals surface area contributed by atoms with Crippen LogP contribution in [0.15, 0.2) is 0 Å². The molecule has 3 aliphatic heterocycles. The Hall–Kier alpha value is -0.160. The fraction of sp³-hybridized carbons (Fsp3) is 1.00. The predicted molar refractivity (Wildman–Crippen MR) is 93.6 cm³/mol. The first-order valence-electron chi connectivity index (χ1n) is 10.0. The summed E-state index contributed by atoms with van der Waals surface area (Å²) in [6.45, 7) is 5.65. The number of piperazine rings is 1. The second-order valence-corrected chi connectivity index (χ2v) is 8.77. The summed E-state index contributed by atoms with van der Waals surface area (Å²) in [5.74, 6) is 0. The van der Waals surface area contributed by atoms with Crippen LogP contribution in [0.5, 0.6) is 0 Å². The second kappa shape index (κ2) is 6.62. The zero-order valence-corrected chi connectivity index (χ0v) is 14.9. The number of aliphatic hydroxyl groups is 1. The Balaban J connectivity index is 1.26. The summed E-state index contributed by atoms with van der Waals surface area (Å²) in [7, 11) is 2.33. The largest absolute Gasteiger partial charge is 0.389 e. The van der Waals surface area contributed by atoms with Crippen LogP contribution in [0.25, 0.3) is 0 Å². The molecule has 0 aromatic heterocycles. The molecule has 132 valence electrons. The van der Waals surface area contributed by atoms with Gasteiger partial charge in [-0.1, -0.05) is 19.3 Å². The predicted octanol–water partition coefficient (Wildman–Crippen LogP) is 1.92. The molecule has 2 atom stereocenters. The zero-order valence-electron chi connectivity index (χ0n) is 14.9. The maximum absolute atomic E-state index is 10.8. The van der Waals surface area contributed by atoms with Gasteiger partial charge in [-0.25, -0.2) is 0 Å². The van der Waals surface area contributed by atoms with Crippen molar-refractivity contribution in [2.24, 2.45) is 0 Å². The van der Waals surface area contributed by atoms with Gasteiger partial charge in [-0.05, 0) is 45.6 Å². The van der Waals surface area contributed by atoms with Gasteiger partial charge in [0.05, 0.1) is 5.60 Å². The Labute approximate surface area is 141 Å². The molecule has 4 rings (SSSR count). The second-order valence-electron chi connectivity index (χ2n) is 8.77. The van der Waals surface area contributed by atoms with E-state index in [1.165, 1.54) is 58.0 Å². The molecule has 2 bridgehead atoms. The smallest absolute Gasteiger partial charge is 0.0774 e. The van der Waals surface area contributed by atoms with Crippen LogP contribution < -0.4 is 0 Å². The maximum atomic E-state index is 10.8. The first-order valence-corrected chi connectivity index (χ1v) is 10.0. The first kappa shape index (κ1) is 16.3. The van der Waals surface area contributed by atoms with Gasteiger partial charge in [-0.15, -0.1) is 0 Å². The minimum absolute atomic E-state index is 0.382. The van der Waals surface area contributed by atoms with Crippen LogP contribution in [0.3, 0.4) is 0 Å². The normalized spacial score (nSPS) is 39.7. The van der Waals surface area contributed by atoms with Crippen LogP contribution in [0.1, 0.15) is 57.8 Å².